The number of carbonyl (C=O) groups excluding carboxylic acids is 2. The van der Waals surface area contributed by atoms with E-state index in [4.69, 9.17) is 9.47 Å². The van der Waals surface area contributed by atoms with Crippen LogP contribution in [0.3, 0.4) is 0 Å². The van der Waals surface area contributed by atoms with Gasteiger partial charge in [0, 0.05) is 48.8 Å². The van der Waals surface area contributed by atoms with E-state index in [2.05, 4.69) is 50.8 Å². The van der Waals surface area contributed by atoms with Crippen molar-refractivity contribution in [2.45, 2.75) is 50.4 Å². The fraction of sp³-hybridized carbons (Fsp3) is 0.571. The van der Waals surface area contributed by atoms with Crippen LogP contribution in [0.1, 0.15) is 58.9 Å². The van der Waals surface area contributed by atoms with Gasteiger partial charge in [-0.1, -0.05) is 29.1 Å². The summed E-state index contributed by atoms with van der Waals surface area (Å²) < 4.78 is 10.8. The number of thiazole rings is 2. The number of aromatic nitrogens is 6. The van der Waals surface area contributed by atoms with Crippen LogP contribution in [0.2, 0.25) is 0 Å². The fourth-order valence-electron chi connectivity index (χ4n) is 5.75. The predicted molar refractivity (Wildman–Crippen MR) is 179 cm³/mol. The van der Waals surface area contributed by atoms with Crippen molar-refractivity contribution in [1.29, 1.82) is 0 Å². The minimum Gasteiger partial charge on any atom is -0.378 e. The molecule has 1 saturated carbocycles. The number of nitrogens with one attached hydrogen (secondary N) is 2. The number of carbonyl (C=O) groups is 2. The molecule has 2 N–H and O–H groups in total. The average Bonchev–Trinajstić information content (AvgIpc) is 3.91. The van der Waals surface area contributed by atoms with Crippen LogP contribution in [0.4, 0.5) is 20.5 Å². The Morgan fingerprint density at radius 1 is 0.717 bits per heavy atom. The largest absolute Gasteiger partial charge is 0.378 e. The van der Waals surface area contributed by atoms with E-state index in [0.717, 1.165) is 83.5 Å². The van der Waals surface area contributed by atoms with Gasteiger partial charge in [0.1, 0.15) is 10.0 Å². The van der Waals surface area contributed by atoms with Gasteiger partial charge in [-0.05, 0) is 19.3 Å². The SMILES string of the molecule is O=C(Cc1csc(N2CCOCC2)n1)Nc1nnc([C@H]2CCC[C@H](c3nnc(NC(=O)Cc4csc(N5CCOCC5)n4)s3)C2)s1. The Morgan fingerprint density at radius 3 is 1.63 bits per heavy atom. The van der Waals surface area contributed by atoms with Gasteiger partial charge < -0.3 is 29.9 Å². The number of amides is 2. The molecule has 46 heavy (non-hydrogen) atoms. The molecule has 2 aliphatic heterocycles. The number of morpholine rings is 2. The summed E-state index contributed by atoms with van der Waals surface area (Å²) >= 11 is 5.97. The van der Waals surface area contributed by atoms with E-state index < -0.39 is 0 Å². The van der Waals surface area contributed by atoms with E-state index in [1.54, 1.807) is 22.7 Å². The molecule has 6 heterocycles. The van der Waals surface area contributed by atoms with E-state index in [1.165, 1.54) is 22.7 Å². The minimum absolute atomic E-state index is 0.154. The topological polar surface area (TPSA) is 160 Å². The summed E-state index contributed by atoms with van der Waals surface area (Å²) in [5, 5.41) is 31.7. The van der Waals surface area contributed by atoms with Crippen molar-refractivity contribution in [3.8, 4) is 0 Å². The summed E-state index contributed by atoms with van der Waals surface area (Å²) in [6, 6.07) is 0. The van der Waals surface area contributed by atoms with Crippen LogP contribution in [0.5, 0.6) is 0 Å². The molecule has 0 spiro atoms. The first-order chi connectivity index (χ1) is 22.6. The number of hydrogen-bond acceptors (Lipinski definition) is 16. The molecular weight excluding hydrogens is 669 g/mol. The van der Waals surface area contributed by atoms with Crippen molar-refractivity contribution in [2.24, 2.45) is 0 Å². The monoisotopic (exact) mass is 702 g/mol. The zero-order chi connectivity index (χ0) is 31.3. The van der Waals surface area contributed by atoms with E-state index in [-0.39, 0.29) is 36.5 Å². The predicted octanol–water partition coefficient (Wildman–Crippen LogP) is 3.78. The van der Waals surface area contributed by atoms with E-state index in [9.17, 15) is 9.59 Å². The maximum absolute atomic E-state index is 12.7. The molecule has 1 aliphatic carbocycles. The summed E-state index contributed by atoms with van der Waals surface area (Å²) in [6.07, 6.45) is 4.29. The van der Waals surface area contributed by atoms with Crippen LogP contribution in [-0.2, 0) is 31.9 Å². The fourth-order valence-corrected chi connectivity index (χ4v) is 9.32. The summed E-state index contributed by atoms with van der Waals surface area (Å²) in [6.45, 7) is 6.05. The summed E-state index contributed by atoms with van der Waals surface area (Å²) in [5.74, 6) is 0.144. The molecule has 3 fully saturated rings. The van der Waals surface area contributed by atoms with Crippen LogP contribution in [0.25, 0.3) is 0 Å². The third-order valence-corrected chi connectivity index (χ3v) is 12.0. The Morgan fingerprint density at radius 2 is 1.17 bits per heavy atom. The standard InChI is InChI=1S/C28H34N10O4S4/c39-21(13-19-15-43-27(29-19)37-4-8-41-9-5-37)31-25-35-33-23(45-25)17-2-1-3-18(12-17)24-34-36-26(46-24)32-22(40)14-20-16-44-28(30-20)38-6-10-42-11-7-38/h15-18H,1-14H2,(H,31,35,39)(H,32,36,40)/t17-,18-/m0/s1. The van der Waals surface area contributed by atoms with Crippen molar-refractivity contribution in [2.75, 3.05) is 73.0 Å². The second kappa shape index (κ2) is 14.7. The van der Waals surface area contributed by atoms with Gasteiger partial charge in [0.05, 0.1) is 50.7 Å². The molecule has 0 radical (unpaired) electrons. The quantitative estimate of drug-likeness (QED) is 0.247. The normalized spacial score (nSPS) is 20.5. The molecule has 2 saturated heterocycles. The van der Waals surface area contributed by atoms with E-state index >= 15 is 0 Å². The lowest BCUT2D eigenvalue weighted by Crippen LogP contribution is -2.36. The summed E-state index contributed by atoms with van der Waals surface area (Å²) in [4.78, 5) is 39.1. The lowest BCUT2D eigenvalue weighted by molar-refractivity contribution is -0.116. The molecular formula is C28H34N10O4S4. The van der Waals surface area contributed by atoms with E-state index in [0.29, 0.717) is 36.7 Å². The molecule has 0 aromatic carbocycles. The number of nitrogens with zero attached hydrogens (tertiary/aromatic N) is 8. The third-order valence-electron chi connectivity index (χ3n) is 8.07. The zero-order valence-corrected chi connectivity index (χ0v) is 28.3. The van der Waals surface area contributed by atoms with Crippen LogP contribution in [0.15, 0.2) is 10.8 Å². The number of rotatable bonds is 10. The van der Waals surface area contributed by atoms with Crippen LogP contribution in [0, 0.1) is 0 Å². The Hall–Kier alpha value is -3.16. The van der Waals surface area contributed by atoms with Crippen molar-refractivity contribution in [3.63, 3.8) is 0 Å². The minimum atomic E-state index is -0.154. The zero-order valence-electron chi connectivity index (χ0n) is 25.1. The molecule has 14 nitrogen and oxygen atoms in total. The smallest absolute Gasteiger partial charge is 0.232 e. The van der Waals surface area contributed by atoms with Gasteiger partial charge in [0.2, 0.25) is 22.1 Å². The molecule has 7 rings (SSSR count). The highest BCUT2D eigenvalue weighted by Crippen LogP contribution is 2.43. The molecule has 2 atom stereocenters. The number of ether oxygens (including phenoxy) is 2. The van der Waals surface area contributed by atoms with Crippen molar-refractivity contribution in [1.82, 2.24) is 30.4 Å². The first-order valence-corrected chi connectivity index (χ1v) is 18.8. The Kier molecular flexibility index (Phi) is 10.1. The van der Waals surface area contributed by atoms with Gasteiger partial charge >= 0.3 is 0 Å². The van der Waals surface area contributed by atoms with Gasteiger partial charge in [-0.15, -0.1) is 43.1 Å². The van der Waals surface area contributed by atoms with E-state index in [1.807, 2.05) is 10.8 Å². The second-order valence-corrected chi connectivity index (χ2v) is 15.0. The maximum atomic E-state index is 12.7. The maximum Gasteiger partial charge on any atom is 0.232 e. The number of anilines is 4. The second-order valence-electron chi connectivity index (χ2n) is 11.3. The van der Waals surface area contributed by atoms with Crippen LogP contribution in [-0.4, -0.2) is 94.8 Å². The van der Waals surface area contributed by atoms with Gasteiger partial charge in [-0.25, -0.2) is 9.97 Å². The first kappa shape index (κ1) is 31.4. The highest BCUT2D eigenvalue weighted by molar-refractivity contribution is 7.16. The lowest BCUT2D eigenvalue weighted by atomic mass is 9.82. The molecule has 4 aromatic heterocycles. The van der Waals surface area contributed by atoms with Gasteiger partial charge in [0.15, 0.2) is 10.3 Å². The van der Waals surface area contributed by atoms with Gasteiger partial charge in [0.25, 0.3) is 0 Å². The first-order valence-electron chi connectivity index (χ1n) is 15.4. The summed E-state index contributed by atoms with van der Waals surface area (Å²) in [7, 11) is 0. The van der Waals surface area contributed by atoms with Crippen LogP contribution < -0.4 is 20.4 Å². The molecule has 0 bridgehead atoms. The molecule has 244 valence electrons. The van der Waals surface area contributed by atoms with Crippen molar-refractivity contribution in [3.05, 3.63) is 32.2 Å². The van der Waals surface area contributed by atoms with Crippen molar-refractivity contribution < 1.29 is 19.1 Å². The van der Waals surface area contributed by atoms with Gasteiger partial charge in [-0.3, -0.25) is 9.59 Å². The third kappa shape index (κ3) is 7.86. The lowest BCUT2D eigenvalue weighted by Gasteiger charge is -2.26. The van der Waals surface area contributed by atoms with Crippen molar-refractivity contribution >= 4 is 77.7 Å². The molecule has 4 aromatic rings. The Labute approximate surface area is 281 Å². The Bertz CT molecular complexity index is 1510. The Balaban J connectivity index is 0.889. The molecule has 3 aliphatic rings. The molecule has 0 unspecified atom stereocenters. The summed E-state index contributed by atoms with van der Waals surface area (Å²) in [5.41, 5.74) is 1.50. The molecule has 18 heteroatoms. The highest BCUT2D eigenvalue weighted by atomic mass is 32.1. The average molecular weight is 703 g/mol. The molecule has 2 amide bonds. The number of hydrogen-bond donors (Lipinski definition) is 2. The van der Waals surface area contributed by atoms with Crippen LogP contribution >= 0.6 is 45.3 Å². The highest BCUT2D eigenvalue weighted by Gasteiger charge is 2.30. The van der Waals surface area contributed by atoms with Gasteiger partial charge in [-0.2, -0.15) is 0 Å².